The first-order valence-corrected chi connectivity index (χ1v) is 7.37. The van der Waals surface area contributed by atoms with Crippen LogP contribution in [0.2, 0.25) is 0 Å². The highest BCUT2D eigenvalue weighted by Crippen LogP contribution is 2.33. The van der Waals surface area contributed by atoms with Gasteiger partial charge in [-0.1, -0.05) is 18.2 Å². The smallest absolute Gasteiger partial charge is 0.228 e. The fourth-order valence-electron chi connectivity index (χ4n) is 2.09. The summed E-state index contributed by atoms with van der Waals surface area (Å²) >= 11 is 1.58. The molecule has 104 valence electrons. The SMILES string of the molecule is O=C1CC=C=C(c2ccc(F)cc2)/C(c2cccs2)=C\N1. The second-order valence-electron chi connectivity index (χ2n) is 4.54. The first kappa shape index (κ1) is 13.6. The van der Waals surface area contributed by atoms with E-state index in [9.17, 15) is 9.18 Å². The Kier molecular flexibility index (Phi) is 3.82. The fraction of sp³-hybridized carbons (Fsp3) is 0.0588. The van der Waals surface area contributed by atoms with Crippen LogP contribution in [0.25, 0.3) is 11.1 Å². The third-order valence-corrected chi connectivity index (χ3v) is 4.00. The van der Waals surface area contributed by atoms with E-state index in [1.54, 1.807) is 35.7 Å². The summed E-state index contributed by atoms with van der Waals surface area (Å²) < 4.78 is 13.1. The summed E-state index contributed by atoms with van der Waals surface area (Å²) in [7, 11) is 0. The number of allylic oxidation sites excluding steroid dienone is 1. The summed E-state index contributed by atoms with van der Waals surface area (Å²) in [4.78, 5) is 12.6. The van der Waals surface area contributed by atoms with Crippen molar-refractivity contribution in [3.8, 4) is 0 Å². The van der Waals surface area contributed by atoms with Gasteiger partial charge in [0, 0.05) is 22.2 Å². The van der Waals surface area contributed by atoms with Gasteiger partial charge in [0.05, 0.1) is 6.42 Å². The van der Waals surface area contributed by atoms with Crippen molar-refractivity contribution < 1.29 is 9.18 Å². The lowest BCUT2D eigenvalue weighted by Gasteiger charge is -2.11. The number of benzene rings is 1. The fourth-order valence-corrected chi connectivity index (χ4v) is 2.84. The molecule has 0 spiro atoms. The molecule has 1 amide bonds. The Morgan fingerprint density at radius 2 is 2.00 bits per heavy atom. The molecule has 3 rings (SSSR count). The number of halogens is 1. The van der Waals surface area contributed by atoms with Crippen LogP contribution in [0, 0.1) is 5.82 Å². The molecule has 1 aromatic heterocycles. The Labute approximate surface area is 125 Å². The maximum Gasteiger partial charge on any atom is 0.228 e. The molecule has 0 fully saturated rings. The van der Waals surface area contributed by atoms with E-state index in [2.05, 4.69) is 11.0 Å². The zero-order valence-electron chi connectivity index (χ0n) is 11.1. The molecule has 0 saturated heterocycles. The molecular formula is C17H12FNOS. The van der Waals surface area contributed by atoms with Gasteiger partial charge in [-0.15, -0.1) is 17.1 Å². The number of thiophene rings is 1. The minimum absolute atomic E-state index is 0.0743. The zero-order chi connectivity index (χ0) is 14.7. The Hall–Kier alpha value is -2.42. The van der Waals surface area contributed by atoms with E-state index < -0.39 is 0 Å². The largest absolute Gasteiger partial charge is 0.332 e. The lowest BCUT2D eigenvalue weighted by atomic mass is 9.97. The lowest BCUT2D eigenvalue weighted by molar-refractivity contribution is -0.119. The molecule has 2 heterocycles. The second kappa shape index (κ2) is 5.92. The van der Waals surface area contributed by atoms with Gasteiger partial charge in [0.1, 0.15) is 5.82 Å². The number of carbonyl (C=O) groups excluding carboxylic acids is 1. The molecule has 2 aromatic rings. The summed E-state index contributed by atoms with van der Waals surface area (Å²) in [5.74, 6) is -0.348. The number of rotatable bonds is 2. The standard InChI is InChI=1S/C17H12FNOS/c18-13-8-6-12(7-9-13)14-3-1-5-17(20)19-11-15(14)16-4-2-10-21-16/h1-2,4,6-11H,5H2,(H,19,20)/b15-11+. The summed E-state index contributed by atoms with van der Waals surface area (Å²) in [6.07, 6.45) is 3.68. The monoisotopic (exact) mass is 297 g/mol. The zero-order valence-corrected chi connectivity index (χ0v) is 11.9. The van der Waals surface area contributed by atoms with Crippen molar-refractivity contribution >= 4 is 28.4 Å². The van der Waals surface area contributed by atoms with Gasteiger partial charge in [-0.3, -0.25) is 4.79 Å². The van der Waals surface area contributed by atoms with Crippen molar-refractivity contribution in [1.29, 1.82) is 0 Å². The van der Waals surface area contributed by atoms with Crippen LogP contribution in [0.3, 0.4) is 0 Å². The third kappa shape index (κ3) is 3.02. The van der Waals surface area contributed by atoms with Gasteiger partial charge in [0.25, 0.3) is 0 Å². The maximum atomic E-state index is 13.1. The number of carbonyl (C=O) groups is 1. The number of nitrogens with one attached hydrogen (secondary N) is 1. The lowest BCUT2D eigenvalue weighted by Crippen LogP contribution is -2.17. The quantitative estimate of drug-likeness (QED) is 0.834. The van der Waals surface area contributed by atoms with E-state index in [1.807, 2.05) is 17.5 Å². The van der Waals surface area contributed by atoms with Gasteiger partial charge >= 0.3 is 0 Å². The van der Waals surface area contributed by atoms with Crippen LogP contribution in [-0.2, 0) is 4.79 Å². The Bertz CT molecular complexity index is 751. The second-order valence-corrected chi connectivity index (χ2v) is 5.49. The van der Waals surface area contributed by atoms with Crippen molar-refractivity contribution in [2.45, 2.75) is 6.42 Å². The molecule has 1 N–H and O–H groups in total. The molecule has 2 nitrogen and oxygen atoms in total. The molecule has 4 heteroatoms. The van der Waals surface area contributed by atoms with Gasteiger partial charge < -0.3 is 5.32 Å². The molecule has 1 aliphatic rings. The van der Waals surface area contributed by atoms with E-state index in [0.717, 1.165) is 21.6 Å². The maximum absolute atomic E-state index is 13.1. The minimum Gasteiger partial charge on any atom is -0.332 e. The number of amides is 1. The predicted octanol–water partition coefficient (Wildman–Crippen LogP) is 3.99. The van der Waals surface area contributed by atoms with Crippen LogP contribution in [0.15, 0.2) is 59.8 Å². The van der Waals surface area contributed by atoms with Crippen LogP contribution in [0.5, 0.6) is 0 Å². The topological polar surface area (TPSA) is 29.1 Å². The molecule has 0 radical (unpaired) electrons. The van der Waals surface area contributed by atoms with E-state index in [1.165, 1.54) is 12.1 Å². The molecular weight excluding hydrogens is 285 g/mol. The van der Waals surface area contributed by atoms with Gasteiger partial charge in [0.2, 0.25) is 5.91 Å². The summed E-state index contributed by atoms with van der Waals surface area (Å²) in [6, 6.07) is 10.2. The van der Waals surface area contributed by atoms with Crippen LogP contribution in [-0.4, -0.2) is 5.91 Å². The Balaban J connectivity index is 2.14. The highest BCUT2D eigenvalue weighted by atomic mass is 32.1. The van der Waals surface area contributed by atoms with Crippen molar-refractivity contribution in [3.05, 3.63) is 76.0 Å². The van der Waals surface area contributed by atoms with Crippen molar-refractivity contribution in [2.75, 3.05) is 0 Å². The van der Waals surface area contributed by atoms with Crippen LogP contribution >= 0.6 is 11.3 Å². The van der Waals surface area contributed by atoms with Crippen LogP contribution < -0.4 is 5.32 Å². The van der Waals surface area contributed by atoms with Gasteiger partial charge in [-0.25, -0.2) is 4.39 Å². The van der Waals surface area contributed by atoms with E-state index >= 15 is 0 Å². The first-order chi connectivity index (χ1) is 10.2. The normalized spacial score (nSPS) is 17.3. The molecule has 1 aliphatic heterocycles. The minimum atomic E-state index is -0.274. The van der Waals surface area contributed by atoms with Crippen LogP contribution in [0.4, 0.5) is 4.39 Å². The summed E-state index contributed by atoms with van der Waals surface area (Å²) in [5.41, 5.74) is 5.76. The van der Waals surface area contributed by atoms with Gasteiger partial charge in [0.15, 0.2) is 0 Å². The van der Waals surface area contributed by atoms with Crippen LogP contribution in [0.1, 0.15) is 16.9 Å². The van der Waals surface area contributed by atoms with Crippen molar-refractivity contribution in [2.24, 2.45) is 0 Å². The average molecular weight is 297 g/mol. The van der Waals surface area contributed by atoms with Crippen molar-refractivity contribution in [3.63, 3.8) is 0 Å². The van der Waals surface area contributed by atoms with E-state index in [0.29, 0.717) is 0 Å². The Morgan fingerprint density at radius 1 is 1.19 bits per heavy atom. The molecule has 0 atom stereocenters. The average Bonchev–Trinajstić information content (AvgIpc) is 2.98. The first-order valence-electron chi connectivity index (χ1n) is 6.49. The number of hydrogen-bond acceptors (Lipinski definition) is 2. The molecule has 1 aromatic carbocycles. The molecule has 0 bridgehead atoms. The molecule has 0 aliphatic carbocycles. The number of hydrogen-bond donors (Lipinski definition) is 1. The third-order valence-electron chi connectivity index (χ3n) is 3.10. The molecule has 0 saturated carbocycles. The highest BCUT2D eigenvalue weighted by Gasteiger charge is 2.13. The predicted molar refractivity (Wildman–Crippen MR) is 82.9 cm³/mol. The molecule has 21 heavy (non-hydrogen) atoms. The molecule has 0 unspecified atom stereocenters. The summed E-state index contributed by atoms with van der Waals surface area (Å²) in [5, 5.41) is 4.75. The van der Waals surface area contributed by atoms with E-state index in [4.69, 9.17) is 0 Å². The highest BCUT2D eigenvalue weighted by molar-refractivity contribution is 7.11. The van der Waals surface area contributed by atoms with Crippen molar-refractivity contribution in [1.82, 2.24) is 5.32 Å². The van der Waals surface area contributed by atoms with Gasteiger partial charge in [-0.05, 0) is 35.2 Å². The van der Waals surface area contributed by atoms with E-state index in [-0.39, 0.29) is 18.1 Å². The van der Waals surface area contributed by atoms with Gasteiger partial charge in [-0.2, -0.15) is 0 Å². The summed E-state index contributed by atoms with van der Waals surface area (Å²) in [6.45, 7) is 0. The Morgan fingerprint density at radius 3 is 2.71 bits per heavy atom.